The fourth-order valence-corrected chi connectivity index (χ4v) is 0.825. The lowest BCUT2D eigenvalue weighted by Gasteiger charge is -2.00. The summed E-state index contributed by atoms with van der Waals surface area (Å²) in [5, 5.41) is 8.63. The third kappa shape index (κ3) is 2.34. The first-order valence-electron chi connectivity index (χ1n) is 3.43. The van der Waals surface area contributed by atoms with Crippen molar-refractivity contribution >= 4 is 24.1 Å². The summed E-state index contributed by atoms with van der Waals surface area (Å²) in [6, 6.07) is 3.18. The number of nitriles is 1. The van der Waals surface area contributed by atoms with Crippen molar-refractivity contribution in [2.24, 2.45) is 0 Å². The van der Waals surface area contributed by atoms with E-state index >= 15 is 0 Å². The molecule has 5 nitrogen and oxygen atoms in total. The van der Waals surface area contributed by atoms with Crippen LogP contribution in [0.15, 0.2) is 12.3 Å². The van der Waals surface area contributed by atoms with Gasteiger partial charge < -0.3 is 10.5 Å². The number of nitrogen functional groups attached to an aromatic ring is 1. The number of halogens is 1. The molecule has 0 saturated carbocycles. The zero-order valence-electron chi connectivity index (χ0n) is 7.35. The van der Waals surface area contributed by atoms with E-state index in [-0.39, 0.29) is 23.7 Å². The van der Waals surface area contributed by atoms with Gasteiger partial charge in [0.25, 0.3) is 0 Å². The minimum Gasteiger partial charge on any atom is -0.464 e. The predicted octanol–water partition coefficient (Wildman–Crippen LogP) is 0.744. The molecule has 0 spiro atoms. The molecule has 6 heteroatoms. The molecule has 0 radical (unpaired) electrons. The van der Waals surface area contributed by atoms with Crippen molar-refractivity contribution in [3.63, 3.8) is 0 Å². The zero-order valence-corrected chi connectivity index (χ0v) is 8.17. The molecule has 0 atom stereocenters. The highest BCUT2D eigenvalue weighted by molar-refractivity contribution is 5.90. The summed E-state index contributed by atoms with van der Waals surface area (Å²) in [6.45, 7) is 0. The molecule has 14 heavy (non-hydrogen) atoms. The maximum Gasteiger partial charge on any atom is 0.358 e. The number of hydrogen-bond donors (Lipinski definition) is 1. The van der Waals surface area contributed by atoms with Gasteiger partial charge >= 0.3 is 5.97 Å². The Labute approximate surface area is 86.9 Å². The van der Waals surface area contributed by atoms with Gasteiger partial charge in [-0.25, -0.2) is 9.78 Å². The Kier molecular flexibility index (Phi) is 4.40. The lowest BCUT2D eigenvalue weighted by molar-refractivity contribution is 0.0593. The number of carbonyl (C=O) groups is 1. The summed E-state index contributed by atoms with van der Waals surface area (Å²) in [5.74, 6) is -0.642. The Hall–Kier alpha value is -1.80. The molecular weight excluding hydrogens is 206 g/mol. The molecule has 1 rings (SSSR count). The minimum atomic E-state index is -0.642. The molecule has 74 valence electrons. The highest BCUT2D eigenvalue weighted by Gasteiger charge is 2.13. The Bertz CT molecular complexity index is 387. The van der Waals surface area contributed by atoms with Crippen molar-refractivity contribution in [1.29, 1.82) is 5.26 Å². The van der Waals surface area contributed by atoms with Crippen LogP contribution in [0.2, 0.25) is 0 Å². The lowest BCUT2D eigenvalue weighted by Crippen LogP contribution is -2.07. The number of esters is 1. The zero-order chi connectivity index (χ0) is 9.84. The van der Waals surface area contributed by atoms with Crippen LogP contribution in [-0.4, -0.2) is 18.1 Å². The molecule has 0 aliphatic heterocycles. The Morgan fingerprint density at radius 1 is 1.71 bits per heavy atom. The molecule has 0 aromatic carbocycles. The van der Waals surface area contributed by atoms with Gasteiger partial charge in [-0.2, -0.15) is 5.26 Å². The molecule has 0 aliphatic carbocycles. The van der Waals surface area contributed by atoms with E-state index in [4.69, 9.17) is 11.0 Å². The van der Waals surface area contributed by atoms with Crippen molar-refractivity contribution in [1.82, 2.24) is 4.98 Å². The summed E-state index contributed by atoms with van der Waals surface area (Å²) in [6.07, 6.45) is 1.30. The van der Waals surface area contributed by atoms with Crippen molar-refractivity contribution in [2.75, 3.05) is 12.8 Å². The number of pyridine rings is 1. The minimum absolute atomic E-state index is 0. The molecule has 2 N–H and O–H groups in total. The van der Waals surface area contributed by atoms with Crippen molar-refractivity contribution < 1.29 is 9.53 Å². The van der Waals surface area contributed by atoms with Crippen molar-refractivity contribution in [2.45, 2.75) is 0 Å². The molecule has 1 aromatic heterocycles. The Balaban J connectivity index is 0.00000169. The van der Waals surface area contributed by atoms with Gasteiger partial charge in [0.05, 0.1) is 24.6 Å². The maximum atomic E-state index is 11.0. The molecule has 1 aromatic rings. The Morgan fingerprint density at radius 2 is 2.36 bits per heavy atom. The molecule has 0 saturated heterocycles. The van der Waals surface area contributed by atoms with Crippen molar-refractivity contribution in [3.8, 4) is 6.07 Å². The molecule has 0 fully saturated rings. The smallest absolute Gasteiger partial charge is 0.358 e. The van der Waals surface area contributed by atoms with Gasteiger partial charge in [0.2, 0.25) is 0 Å². The summed E-state index contributed by atoms with van der Waals surface area (Å²) in [5.41, 5.74) is 5.82. The van der Waals surface area contributed by atoms with E-state index in [0.717, 1.165) is 0 Å². The van der Waals surface area contributed by atoms with Gasteiger partial charge in [-0.1, -0.05) is 0 Å². The summed E-state index contributed by atoms with van der Waals surface area (Å²) < 4.78 is 4.43. The van der Waals surface area contributed by atoms with Gasteiger partial charge in [0.15, 0.2) is 5.69 Å². The second kappa shape index (κ2) is 5.04. The largest absolute Gasteiger partial charge is 0.464 e. The fourth-order valence-electron chi connectivity index (χ4n) is 0.825. The molecule has 0 unspecified atom stereocenters. The van der Waals surface area contributed by atoms with Gasteiger partial charge in [0, 0.05) is 0 Å². The number of aromatic nitrogens is 1. The average Bonchev–Trinajstić information content (AvgIpc) is 2.16. The third-order valence-electron chi connectivity index (χ3n) is 1.41. The van der Waals surface area contributed by atoms with Crippen LogP contribution in [0.3, 0.4) is 0 Å². The average molecular weight is 214 g/mol. The van der Waals surface area contributed by atoms with Gasteiger partial charge in [-0.3, -0.25) is 0 Å². The van der Waals surface area contributed by atoms with Crippen LogP contribution >= 0.6 is 12.4 Å². The first kappa shape index (κ1) is 12.2. The summed E-state index contributed by atoms with van der Waals surface area (Å²) in [7, 11) is 1.22. The van der Waals surface area contributed by atoms with E-state index in [0.29, 0.717) is 5.69 Å². The van der Waals surface area contributed by atoms with E-state index in [1.807, 2.05) is 6.07 Å². The Morgan fingerprint density at radius 3 is 2.86 bits per heavy atom. The number of carbonyl (C=O) groups excluding carboxylic acids is 1. The van der Waals surface area contributed by atoms with E-state index in [1.165, 1.54) is 19.4 Å². The second-order valence-electron chi connectivity index (χ2n) is 2.27. The summed E-state index contributed by atoms with van der Waals surface area (Å²) in [4.78, 5) is 14.7. The third-order valence-corrected chi connectivity index (χ3v) is 1.41. The lowest BCUT2D eigenvalue weighted by atomic mass is 10.2. The van der Waals surface area contributed by atoms with Crippen LogP contribution in [0.25, 0.3) is 0 Å². The molecular formula is C8H8ClN3O2. The van der Waals surface area contributed by atoms with E-state index < -0.39 is 5.97 Å². The van der Waals surface area contributed by atoms with Crippen LogP contribution in [0, 0.1) is 11.3 Å². The van der Waals surface area contributed by atoms with Crippen LogP contribution in [-0.2, 0) is 4.74 Å². The van der Waals surface area contributed by atoms with E-state index in [9.17, 15) is 4.79 Å². The van der Waals surface area contributed by atoms with Gasteiger partial charge in [-0.15, -0.1) is 12.4 Å². The number of nitrogens with two attached hydrogens (primary N) is 1. The quantitative estimate of drug-likeness (QED) is 0.695. The maximum absolute atomic E-state index is 11.0. The molecule has 0 bridgehead atoms. The predicted molar refractivity (Wildman–Crippen MR) is 52.0 cm³/mol. The second-order valence-corrected chi connectivity index (χ2v) is 2.27. The van der Waals surface area contributed by atoms with Crippen molar-refractivity contribution in [3.05, 3.63) is 23.5 Å². The normalized spacial score (nSPS) is 8.29. The van der Waals surface area contributed by atoms with E-state index in [1.54, 1.807) is 0 Å². The monoisotopic (exact) mass is 213 g/mol. The molecule has 1 heterocycles. The molecule has 0 amide bonds. The van der Waals surface area contributed by atoms with E-state index in [2.05, 4.69) is 9.72 Å². The first-order valence-corrected chi connectivity index (χ1v) is 3.43. The first-order chi connectivity index (χ1) is 6.19. The number of ether oxygens (including phenoxy) is 1. The fraction of sp³-hybridized carbons (Fsp3) is 0.125. The number of nitrogens with zero attached hydrogens (tertiary/aromatic N) is 2. The highest BCUT2D eigenvalue weighted by Crippen LogP contribution is 2.09. The summed E-state index contributed by atoms with van der Waals surface area (Å²) >= 11 is 0. The number of anilines is 1. The SMILES string of the molecule is COC(=O)c1ncc(N)cc1C#N.Cl. The highest BCUT2D eigenvalue weighted by atomic mass is 35.5. The van der Waals surface area contributed by atoms with Crippen LogP contribution in [0.5, 0.6) is 0 Å². The number of hydrogen-bond acceptors (Lipinski definition) is 5. The molecule has 0 aliphatic rings. The number of methoxy groups -OCH3 is 1. The topological polar surface area (TPSA) is 89.0 Å². The van der Waals surface area contributed by atoms with Gasteiger partial charge in [0.1, 0.15) is 6.07 Å². The van der Waals surface area contributed by atoms with Crippen LogP contribution in [0.1, 0.15) is 16.1 Å². The number of rotatable bonds is 1. The van der Waals surface area contributed by atoms with Crippen LogP contribution < -0.4 is 5.73 Å². The van der Waals surface area contributed by atoms with Gasteiger partial charge in [-0.05, 0) is 6.07 Å². The van der Waals surface area contributed by atoms with Crippen LogP contribution in [0.4, 0.5) is 5.69 Å². The standard InChI is InChI=1S/C8H7N3O2.ClH/c1-13-8(12)7-5(3-9)2-6(10)4-11-7;/h2,4H,10H2,1H3;1H.